The number of aliphatic carboxylic acids is 2. The third-order valence-electron chi connectivity index (χ3n) is 6.44. The minimum absolute atomic E-state index is 0.00635. The summed E-state index contributed by atoms with van der Waals surface area (Å²) in [6.45, 7) is 2.38. The van der Waals surface area contributed by atoms with Crippen molar-refractivity contribution in [2.45, 2.75) is 31.3 Å². The molecule has 2 heterocycles. The third-order valence-corrected chi connectivity index (χ3v) is 6.44. The van der Waals surface area contributed by atoms with Crippen LogP contribution >= 0.6 is 0 Å². The van der Waals surface area contributed by atoms with Gasteiger partial charge < -0.3 is 34.1 Å². The maximum atomic E-state index is 12.6. The van der Waals surface area contributed by atoms with Crippen LogP contribution in [-0.2, 0) is 20.7 Å². The van der Waals surface area contributed by atoms with E-state index in [1.165, 1.54) is 12.1 Å². The summed E-state index contributed by atoms with van der Waals surface area (Å²) >= 11 is 0. The van der Waals surface area contributed by atoms with Gasteiger partial charge >= 0.3 is 23.8 Å². The molecule has 0 aliphatic carbocycles. The van der Waals surface area contributed by atoms with Crippen molar-refractivity contribution in [3.63, 3.8) is 0 Å². The second kappa shape index (κ2) is 9.97. The standard InChI is InChI=1S/C28H25NO9/c1-17(13-18-11-12-23-24(14-18)38-28(37-23,25(30)31)26(32)33)29-15-20(36-27(29)34)16-35-22-10-6-5-9-21(22)19-7-3-2-4-8-19/h2-12,14,17,20H,13,15-16H2,1H3,(H,30,31)(H,32,33)/t17-,20+/m1/s1. The highest BCUT2D eigenvalue weighted by Crippen LogP contribution is 2.40. The zero-order chi connectivity index (χ0) is 26.9. The van der Waals surface area contributed by atoms with Crippen LogP contribution in [0.5, 0.6) is 17.2 Å². The Hall–Kier alpha value is -4.73. The van der Waals surface area contributed by atoms with Crippen LogP contribution in [0.2, 0.25) is 0 Å². The molecule has 1 amide bonds. The van der Waals surface area contributed by atoms with E-state index in [2.05, 4.69) is 0 Å². The molecule has 10 nitrogen and oxygen atoms in total. The van der Waals surface area contributed by atoms with Gasteiger partial charge in [0.2, 0.25) is 0 Å². The lowest BCUT2D eigenvalue weighted by atomic mass is 10.0. The molecule has 196 valence electrons. The van der Waals surface area contributed by atoms with Gasteiger partial charge in [0.1, 0.15) is 12.4 Å². The number of fused-ring (bicyclic) bond motifs is 1. The van der Waals surface area contributed by atoms with E-state index >= 15 is 0 Å². The Labute approximate surface area is 217 Å². The Balaban J connectivity index is 1.21. The SMILES string of the molecule is C[C@H](Cc1ccc2c(c1)OC(C(=O)O)(C(=O)O)O2)N1C[C@@H](COc2ccccc2-c2ccccc2)OC1=O. The molecule has 0 bridgehead atoms. The molecule has 3 aromatic rings. The van der Waals surface area contributed by atoms with Crippen molar-refractivity contribution in [2.75, 3.05) is 13.2 Å². The number of benzene rings is 3. The molecule has 38 heavy (non-hydrogen) atoms. The number of cyclic esters (lactones) is 1. The van der Waals surface area contributed by atoms with Crippen LogP contribution in [0.25, 0.3) is 11.1 Å². The van der Waals surface area contributed by atoms with Gasteiger partial charge in [-0.05, 0) is 42.7 Å². The van der Waals surface area contributed by atoms with E-state index < -0.39 is 29.9 Å². The van der Waals surface area contributed by atoms with Gasteiger partial charge in [-0.1, -0.05) is 54.6 Å². The summed E-state index contributed by atoms with van der Waals surface area (Å²) in [6.07, 6.45) is -0.528. The number of carboxylic acids is 2. The number of carbonyl (C=O) groups is 3. The first kappa shape index (κ1) is 24.9. The average molecular weight is 520 g/mol. The lowest BCUT2D eigenvalue weighted by Gasteiger charge is -2.22. The first-order valence-corrected chi connectivity index (χ1v) is 12.0. The normalized spacial score (nSPS) is 18.1. The van der Waals surface area contributed by atoms with Gasteiger partial charge in [-0.15, -0.1) is 0 Å². The van der Waals surface area contributed by atoms with Crippen molar-refractivity contribution < 1.29 is 43.5 Å². The highest BCUT2D eigenvalue weighted by atomic mass is 16.8. The molecule has 0 radical (unpaired) electrons. The third kappa shape index (κ3) is 4.68. The second-order valence-corrected chi connectivity index (χ2v) is 9.10. The number of rotatable bonds is 9. The summed E-state index contributed by atoms with van der Waals surface area (Å²) in [5, 5.41) is 18.6. The van der Waals surface area contributed by atoms with Crippen LogP contribution in [0, 0.1) is 0 Å². The maximum absolute atomic E-state index is 12.6. The van der Waals surface area contributed by atoms with Crippen molar-refractivity contribution >= 4 is 18.0 Å². The Kier molecular flexibility index (Phi) is 6.54. The van der Waals surface area contributed by atoms with Crippen molar-refractivity contribution in [1.82, 2.24) is 4.90 Å². The minimum atomic E-state index is -2.82. The molecule has 3 aromatic carbocycles. The van der Waals surface area contributed by atoms with Gasteiger partial charge in [0.05, 0.1) is 6.54 Å². The van der Waals surface area contributed by atoms with Crippen LogP contribution in [0.15, 0.2) is 72.8 Å². The van der Waals surface area contributed by atoms with Crippen molar-refractivity contribution in [3.8, 4) is 28.4 Å². The summed E-state index contributed by atoms with van der Waals surface area (Å²) in [5.74, 6) is -5.64. The maximum Gasteiger partial charge on any atom is 0.453 e. The Morgan fingerprint density at radius 3 is 2.42 bits per heavy atom. The Bertz CT molecular complexity index is 1360. The molecule has 1 saturated heterocycles. The van der Waals surface area contributed by atoms with E-state index in [1.807, 2.05) is 61.5 Å². The van der Waals surface area contributed by atoms with Crippen LogP contribution in [0.3, 0.4) is 0 Å². The van der Waals surface area contributed by atoms with E-state index in [-0.39, 0.29) is 24.1 Å². The first-order chi connectivity index (χ1) is 18.3. The van der Waals surface area contributed by atoms with Gasteiger partial charge in [-0.2, -0.15) is 0 Å². The number of amides is 1. The molecule has 0 saturated carbocycles. The molecule has 2 aliphatic heterocycles. The van der Waals surface area contributed by atoms with E-state index in [4.69, 9.17) is 18.9 Å². The van der Waals surface area contributed by atoms with Gasteiger partial charge in [-0.3, -0.25) is 0 Å². The molecule has 2 N–H and O–H groups in total. The predicted molar refractivity (Wildman–Crippen MR) is 133 cm³/mol. The number of carbonyl (C=O) groups excluding carboxylic acids is 1. The predicted octanol–water partition coefficient (Wildman–Crippen LogP) is 3.82. The molecule has 0 aromatic heterocycles. The number of hydrogen-bond donors (Lipinski definition) is 2. The van der Waals surface area contributed by atoms with Crippen LogP contribution in [-0.4, -0.2) is 64.2 Å². The van der Waals surface area contributed by atoms with Gasteiger partial charge in [0.25, 0.3) is 0 Å². The summed E-state index contributed by atoms with van der Waals surface area (Å²) in [6, 6.07) is 21.9. The van der Waals surface area contributed by atoms with E-state index in [0.29, 0.717) is 24.3 Å². The lowest BCUT2D eigenvalue weighted by Crippen LogP contribution is -2.54. The van der Waals surface area contributed by atoms with Crippen LogP contribution in [0.4, 0.5) is 4.79 Å². The first-order valence-electron chi connectivity index (χ1n) is 12.0. The summed E-state index contributed by atoms with van der Waals surface area (Å²) in [5.41, 5.74) is 2.67. The molecule has 0 spiro atoms. The number of para-hydroxylation sites is 1. The summed E-state index contributed by atoms with van der Waals surface area (Å²) in [4.78, 5) is 37.2. The fourth-order valence-corrected chi connectivity index (χ4v) is 4.51. The zero-order valence-electron chi connectivity index (χ0n) is 20.4. The molecule has 10 heteroatoms. The average Bonchev–Trinajstić information content (AvgIpc) is 3.49. The highest BCUT2D eigenvalue weighted by molar-refractivity contribution is 6.01. The highest BCUT2D eigenvalue weighted by Gasteiger charge is 2.57. The van der Waals surface area contributed by atoms with E-state index in [9.17, 15) is 24.6 Å². The largest absolute Gasteiger partial charge is 0.489 e. The van der Waals surface area contributed by atoms with Gasteiger partial charge in [0, 0.05) is 11.6 Å². The van der Waals surface area contributed by atoms with Crippen LogP contribution < -0.4 is 14.2 Å². The van der Waals surface area contributed by atoms with Crippen LogP contribution in [0.1, 0.15) is 12.5 Å². The molecule has 5 rings (SSSR count). The zero-order valence-corrected chi connectivity index (χ0v) is 20.4. The fraction of sp³-hybridized carbons (Fsp3) is 0.250. The second-order valence-electron chi connectivity index (χ2n) is 9.10. The Morgan fingerprint density at radius 2 is 1.68 bits per heavy atom. The van der Waals surface area contributed by atoms with Crippen molar-refractivity contribution in [2.24, 2.45) is 0 Å². The monoisotopic (exact) mass is 519 g/mol. The molecule has 1 fully saturated rings. The summed E-state index contributed by atoms with van der Waals surface area (Å²) < 4.78 is 21.9. The topological polar surface area (TPSA) is 132 Å². The molecular weight excluding hydrogens is 494 g/mol. The van der Waals surface area contributed by atoms with Crippen molar-refractivity contribution in [3.05, 3.63) is 78.4 Å². The molecule has 2 aliphatic rings. The fourth-order valence-electron chi connectivity index (χ4n) is 4.51. The van der Waals surface area contributed by atoms with Gasteiger partial charge in [-0.25, -0.2) is 14.4 Å². The molecular formula is C28H25NO9. The number of ether oxygens (including phenoxy) is 4. The number of hydrogen-bond acceptors (Lipinski definition) is 7. The van der Waals surface area contributed by atoms with Crippen molar-refractivity contribution in [1.29, 1.82) is 0 Å². The van der Waals surface area contributed by atoms with Gasteiger partial charge in [0.15, 0.2) is 17.6 Å². The minimum Gasteiger partial charge on any atom is -0.489 e. The quantitative estimate of drug-likeness (QED) is 0.405. The number of carboxylic acid groups (broad SMARTS) is 2. The Morgan fingerprint density at radius 1 is 1.00 bits per heavy atom. The molecule has 2 atom stereocenters. The molecule has 0 unspecified atom stereocenters. The lowest BCUT2D eigenvalue weighted by molar-refractivity contribution is -0.194. The summed E-state index contributed by atoms with van der Waals surface area (Å²) in [7, 11) is 0. The van der Waals surface area contributed by atoms with E-state index in [1.54, 1.807) is 11.0 Å². The smallest absolute Gasteiger partial charge is 0.453 e. The van der Waals surface area contributed by atoms with E-state index in [0.717, 1.165) is 11.1 Å². The number of nitrogens with zero attached hydrogens (tertiary/aromatic N) is 1.